The van der Waals surface area contributed by atoms with Crippen LogP contribution in [0.15, 0.2) is 22.1 Å². The van der Waals surface area contributed by atoms with Crippen LogP contribution in [0.1, 0.15) is 37.3 Å². The van der Waals surface area contributed by atoms with Crippen molar-refractivity contribution < 1.29 is 14.3 Å². The van der Waals surface area contributed by atoms with Crippen molar-refractivity contribution in [2.24, 2.45) is 16.9 Å². The molecule has 37 heavy (non-hydrogen) atoms. The molecule has 10 heteroatoms. The zero-order chi connectivity index (χ0) is 27.8. The van der Waals surface area contributed by atoms with Gasteiger partial charge in [-0.1, -0.05) is 6.92 Å². The van der Waals surface area contributed by atoms with Crippen LogP contribution in [0.5, 0.6) is 5.75 Å². The van der Waals surface area contributed by atoms with E-state index in [9.17, 15) is 4.79 Å². The Balaban J connectivity index is 0.000000308. The third kappa shape index (κ3) is 12.4. The Labute approximate surface area is 230 Å². The maximum Gasteiger partial charge on any atom is 0.222 e. The van der Waals surface area contributed by atoms with E-state index in [1.54, 1.807) is 14.2 Å². The summed E-state index contributed by atoms with van der Waals surface area (Å²) in [6.07, 6.45) is 3.36. The number of carbonyl (C=O) groups is 1. The molecule has 3 N–H and O–H groups in total. The number of thiol groups is 1. The van der Waals surface area contributed by atoms with Crippen LogP contribution < -0.4 is 15.9 Å². The van der Waals surface area contributed by atoms with Gasteiger partial charge in [0.1, 0.15) is 5.75 Å². The third-order valence-electron chi connectivity index (χ3n) is 6.67. The van der Waals surface area contributed by atoms with Crippen LogP contribution in [0.25, 0.3) is 0 Å². The molecular weight excluding hydrogens is 488 g/mol. The first-order valence-electron chi connectivity index (χ1n) is 13.2. The molecule has 2 heterocycles. The molecule has 1 aromatic carbocycles. The van der Waals surface area contributed by atoms with Crippen molar-refractivity contribution in [3.63, 3.8) is 0 Å². The SMILES string of the molecule is CCC(=O)N1CCN(CC2CCCN(C)C2)CC1.CNC/C(=N/N)OC.COc1cc(C)c(S)c(C)c1. The molecule has 2 aliphatic heterocycles. The Morgan fingerprint density at radius 1 is 1.16 bits per heavy atom. The molecule has 0 bridgehead atoms. The highest BCUT2D eigenvalue weighted by molar-refractivity contribution is 7.80. The van der Waals surface area contributed by atoms with Gasteiger partial charge in [-0.25, -0.2) is 0 Å². The predicted octanol–water partition coefficient (Wildman–Crippen LogP) is 2.61. The van der Waals surface area contributed by atoms with Crippen LogP contribution in [0.3, 0.4) is 0 Å². The number of nitrogens with one attached hydrogen (secondary N) is 1. The standard InChI is InChI=1S/C14H27N3O.C9H12OS.C4H11N3O/c1-3-14(18)17-9-7-16(8-10-17)12-13-5-4-6-15(2)11-13;1-6-4-8(10-3)5-7(2)9(6)11;1-6-3-4(7-5)8-2/h13H,3-12H2,1-2H3;4-5,11H,1-3H3;6H,3,5H2,1-2H3/b;;7-4-. The highest BCUT2D eigenvalue weighted by Crippen LogP contribution is 2.24. The van der Waals surface area contributed by atoms with Crippen molar-refractivity contribution in [2.75, 3.05) is 80.7 Å². The second-order valence-electron chi connectivity index (χ2n) is 9.67. The first-order chi connectivity index (χ1) is 17.7. The summed E-state index contributed by atoms with van der Waals surface area (Å²) in [6, 6.07) is 3.96. The van der Waals surface area contributed by atoms with Crippen LogP contribution in [0, 0.1) is 19.8 Å². The number of rotatable bonds is 6. The maximum absolute atomic E-state index is 11.6. The lowest BCUT2D eigenvalue weighted by Crippen LogP contribution is -2.50. The zero-order valence-corrected chi connectivity index (χ0v) is 24.9. The number of hydrogen-bond acceptors (Lipinski definition) is 9. The van der Waals surface area contributed by atoms with E-state index in [4.69, 9.17) is 15.3 Å². The summed E-state index contributed by atoms with van der Waals surface area (Å²) in [5, 5.41) is 6.16. The summed E-state index contributed by atoms with van der Waals surface area (Å²) in [4.78, 5) is 19.7. The Kier molecular flexibility index (Phi) is 16.3. The number of methoxy groups -OCH3 is 2. The van der Waals surface area contributed by atoms with Crippen LogP contribution in [-0.2, 0) is 9.53 Å². The fourth-order valence-electron chi connectivity index (χ4n) is 4.55. The molecule has 9 nitrogen and oxygen atoms in total. The molecular formula is C27H50N6O3S. The number of nitrogens with two attached hydrogens (primary N) is 1. The molecule has 2 fully saturated rings. The number of piperidine rings is 1. The van der Waals surface area contributed by atoms with E-state index < -0.39 is 0 Å². The maximum atomic E-state index is 11.6. The second-order valence-corrected chi connectivity index (χ2v) is 10.1. The third-order valence-corrected chi connectivity index (χ3v) is 7.38. The minimum Gasteiger partial charge on any atom is -0.497 e. The van der Waals surface area contributed by atoms with Gasteiger partial charge < -0.3 is 30.4 Å². The van der Waals surface area contributed by atoms with Gasteiger partial charge in [-0.05, 0) is 76.5 Å². The fraction of sp³-hybridized carbons (Fsp3) is 0.704. The molecule has 2 saturated heterocycles. The highest BCUT2D eigenvalue weighted by atomic mass is 32.1. The van der Waals surface area contributed by atoms with Crippen molar-refractivity contribution in [3.8, 4) is 5.75 Å². The van der Waals surface area contributed by atoms with Crippen LogP contribution in [-0.4, -0.2) is 107 Å². The van der Waals surface area contributed by atoms with Gasteiger partial charge in [0, 0.05) is 50.6 Å². The minimum atomic E-state index is 0.312. The quantitative estimate of drug-likeness (QED) is 0.168. The second kappa shape index (κ2) is 18.3. The molecule has 212 valence electrons. The number of piperazine rings is 1. The smallest absolute Gasteiger partial charge is 0.222 e. The van der Waals surface area contributed by atoms with Gasteiger partial charge in [0.15, 0.2) is 0 Å². The Morgan fingerprint density at radius 2 is 1.78 bits per heavy atom. The lowest BCUT2D eigenvalue weighted by Gasteiger charge is -2.38. The average molecular weight is 539 g/mol. The topological polar surface area (TPSA) is 95.7 Å². The first kappa shape index (κ1) is 33.0. The number of likely N-dealkylation sites (tertiary alicyclic amines) is 1. The number of ether oxygens (including phenoxy) is 2. The van der Waals surface area contributed by atoms with E-state index in [-0.39, 0.29) is 0 Å². The van der Waals surface area contributed by atoms with E-state index in [1.807, 2.05) is 37.8 Å². The van der Waals surface area contributed by atoms with Crippen LogP contribution in [0.2, 0.25) is 0 Å². The van der Waals surface area contributed by atoms with Gasteiger partial charge in [0.25, 0.3) is 0 Å². The van der Waals surface area contributed by atoms with E-state index in [0.717, 1.165) is 53.9 Å². The summed E-state index contributed by atoms with van der Waals surface area (Å²) in [6.45, 7) is 14.3. The monoisotopic (exact) mass is 538 g/mol. The van der Waals surface area contributed by atoms with Crippen LogP contribution in [0.4, 0.5) is 0 Å². The number of hydrazone groups is 1. The molecule has 0 radical (unpaired) electrons. The number of benzene rings is 1. The number of likely N-dealkylation sites (N-methyl/N-ethyl adjacent to an activating group) is 1. The number of hydrogen-bond donors (Lipinski definition) is 3. The van der Waals surface area contributed by atoms with Crippen molar-refractivity contribution in [1.82, 2.24) is 20.0 Å². The van der Waals surface area contributed by atoms with Gasteiger partial charge in [0.05, 0.1) is 20.8 Å². The van der Waals surface area contributed by atoms with E-state index in [1.165, 1.54) is 39.6 Å². The van der Waals surface area contributed by atoms with Crippen molar-refractivity contribution in [1.29, 1.82) is 0 Å². The Hall–Kier alpha value is -2.01. The summed E-state index contributed by atoms with van der Waals surface area (Å²) < 4.78 is 9.80. The molecule has 1 aromatic rings. The number of carbonyl (C=O) groups excluding carboxylic acids is 1. The molecule has 0 aromatic heterocycles. The Bertz CT molecular complexity index is 807. The summed E-state index contributed by atoms with van der Waals surface area (Å²) in [5.41, 5.74) is 2.32. The minimum absolute atomic E-state index is 0.312. The van der Waals surface area contributed by atoms with E-state index in [2.05, 4.69) is 39.9 Å². The predicted molar refractivity (Wildman–Crippen MR) is 156 cm³/mol. The van der Waals surface area contributed by atoms with Crippen molar-refractivity contribution >= 4 is 24.4 Å². The van der Waals surface area contributed by atoms with Crippen LogP contribution >= 0.6 is 12.6 Å². The summed E-state index contributed by atoms with van der Waals surface area (Å²) in [7, 11) is 7.23. The summed E-state index contributed by atoms with van der Waals surface area (Å²) >= 11 is 4.34. The van der Waals surface area contributed by atoms with E-state index in [0.29, 0.717) is 24.8 Å². The molecule has 0 saturated carbocycles. The van der Waals surface area contributed by atoms with Gasteiger partial charge in [-0.3, -0.25) is 9.69 Å². The lowest BCUT2D eigenvalue weighted by atomic mass is 9.97. The number of nitrogens with zero attached hydrogens (tertiary/aromatic N) is 4. The molecule has 0 aliphatic carbocycles. The molecule has 1 unspecified atom stereocenters. The van der Waals surface area contributed by atoms with Gasteiger partial charge in [0.2, 0.25) is 11.8 Å². The van der Waals surface area contributed by atoms with Gasteiger partial charge in [-0.2, -0.15) is 0 Å². The average Bonchev–Trinajstić information content (AvgIpc) is 2.90. The number of amides is 1. The molecule has 1 amide bonds. The van der Waals surface area contributed by atoms with Gasteiger partial charge >= 0.3 is 0 Å². The Morgan fingerprint density at radius 3 is 2.22 bits per heavy atom. The first-order valence-corrected chi connectivity index (χ1v) is 13.6. The molecule has 1 atom stereocenters. The zero-order valence-electron chi connectivity index (χ0n) is 24.0. The van der Waals surface area contributed by atoms with Crippen molar-refractivity contribution in [2.45, 2.75) is 44.9 Å². The lowest BCUT2D eigenvalue weighted by molar-refractivity contribution is -0.132. The molecule has 0 spiro atoms. The van der Waals surface area contributed by atoms with E-state index >= 15 is 0 Å². The van der Waals surface area contributed by atoms with Crippen molar-refractivity contribution in [3.05, 3.63) is 23.3 Å². The normalized spacial score (nSPS) is 18.8. The summed E-state index contributed by atoms with van der Waals surface area (Å²) in [5.74, 6) is 7.44. The number of aryl methyl sites for hydroxylation is 2. The molecule has 3 rings (SSSR count). The molecule has 2 aliphatic rings. The largest absolute Gasteiger partial charge is 0.497 e. The fourth-order valence-corrected chi connectivity index (χ4v) is 4.68. The van der Waals surface area contributed by atoms with Gasteiger partial charge in [-0.15, -0.1) is 17.7 Å². The highest BCUT2D eigenvalue weighted by Gasteiger charge is 2.24.